The monoisotopic (exact) mass is 352 g/mol. The molecule has 0 radical (unpaired) electrons. The number of ether oxygens (including phenoxy) is 1. The van der Waals surface area contributed by atoms with E-state index in [1.165, 1.54) is 5.56 Å². The standard InChI is InChI=1S/C24H20N2O/c1-3-7-19(8-4-1)15-24-25-16-22(17-26-24)21-11-13-23(14-12-21)27-18-20-9-5-2-6-10-20/h1-14,16-17H,15,18H2. The van der Waals surface area contributed by atoms with Gasteiger partial charge in [-0.05, 0) is 28.8 Å². The number of nitrogens with zero attached hydrogens (tertiary/aromatic N) is 2. The Hall–Kier alpha value is -3.46. The molecule has 0 saturated carbocycles. The SMILES string of the molecule is c1ccc(COc2ccc(-c3cnc(Cc4ccccc4)nc3)cc2)cc1. The highest BCUT2D eigenvalue weighted by Gasteiger charge is 2.03. The summed E-state index contributed by atoms with van der Waals surface area (Å²) in [6.07, 6.45) is 4.50. The van der Waals surface area contributed by atoms with Crippen LogP contribution in [0, 0.1) is 0 Å². The second-order valence-electron chi connectivity index (χ2n) is 6.35. The van der Waals surface area contributed by atoms with E-state index in [0.29, 0.717) is 6.61 Å². The molecule has 0 aliphatic carbocycles. The van der Waals surface area contributed by atoms with Crippen LogP contribution in [0.25, 0.3) is 11.1 Å². The summed E-state index contributed by atoms with van der Waals surface area (Å²) in [4.78, 5) is 9.01. The third kappa shape index (κ3) is 4.59. The molecule has 3 nitrogen and oxygen atoms in total. The summed E-state index contributed by atoms with van der Waals surface area (Å²) in [7, 11) is 0. The van der Waals surface area contributed by atoms with Crippen LogP contribution in [0.2, 0.25) is 0 Å². The fraction of sp³-hybridized carbons (Fsp3) is 0.0833. The lowest BCUT2D eigenvalue weighted by atomic mass is 10.1. The molecule has 0 amide bonds. The van der Waals surface area contributed by atoms with E-state index >= 15 is 0 Å². The van der Waals surface area contributed by atoms with E-state index in [0.717, 1.165) is 34.7 Å². The summed E-state index contributed by atoms with van der Waals surface area (Å²) in [6, 6.07) is 28.5. The first kappa shape index (κ1) is 17.0. The number of aromatic nitrogens is 2. The van der Waals surface area contributed by atoms with E-state index in [4.69, 9.17) is 4.74 Å². The third-order valence-corrected chi connectivity index (χ3v) is 4.35. The van der Waals surface area contributed by atoms with Crippen LogP contribution in [0.4, 0.5) is 0 Å². The first-order chi connectivity index (χ1) is 13.4. The molecule has 0 fully saturated rings. The van der Waals surface area contributed by atoms with Crippen LogP contribution >= 0.6 is 0 Å². The van der Waals surface area contributed by atoms with Gasteiger partial charge in [-0.2, -0.15) is 0 Å². The Balaban J connectivity index is 1.39. The van der Waals surface area contributed by atoms with Crippen LogP contribution in [0.5, 0.6) is 5.75 Å². The second kappa shape index (κ2) is 8.28. The third-order valence-electron chi connectivity index (χ3n) is 4.35. The van der Waals surface area contributed by atoms with Crippen LogP contribution in [0.1, 0.15) is 17.0 Å². The van der Waals surface area contributed by atoms with Crippen LogP contribution in [0.15, 0.2) is 97.3 Å². The highest BCUT2D eigenvalue weighted by molar-refractivity contribution is 5.62. The molecule has 0 N–H and O–H groups in total. The molecule has 3 aromatic carbocycles. The maximum atomic E-state index is 5.84. The van der Waals surface area contributed by atoms with Gasteiger partial charge in [-0.15, -0.1) is 0 Å². The quantitative estimate of drug-likeness (QED) is 0.471. The van der Waals surface area contributed by atoms with Crippen molar-refractivity contribution < 1.29 is 4.74 Å². The Morgan fingerprint density at radius 2 is 1.19 bits per heavy atom. The van der Waals surface area contributed by atoms with Gasteiger partial charge < -0.3 is 4.74 Å². The van der Waals surface area contributed by atoms with E-state index in [-0.39, 0.29) is 0 Å². The zero-order valence-corrected chi connectivity index (χ0v) is 15.0. The Labute approximate surface area is 159 Å². The first-order valence-corrected chi connectivity index (χ1v) is 8.99. The summed E-state index contributed by atoms with van der Waals surface area (Å²) in [5.41, 5.74) is 4.45. The van der Waals surface area contributed by atoms with Crippen LogP contribution < -0.4 is 4.74 Å². The van der Waals surface area contributed by atoms with Gasteiger partial charge in [0.05, 0.1) is 0 Å². The number of benzene rings is 3. The molecule has 4 rings (SSSR count). The average Bonchev–Trinajstić information content (AvgIpc) is 2.75. The maximum Gasteiger partial charge on any atom is 0.132 e. The zero-order chi connectivity index (χ0) is 18.3. The molecular formula is C24H20N2O. The minimum Gasteiger partial charge on any atom is -0.489 e. The Kier molecular flexibility index (Phi) is 5.21. The summed E-state index contributed by atoms with van der Waals surface area (Å²) < 4.78 is 5.84. The molecule has 0 saturated heterocycles. The molecular weight excluding hydrogens is 332 g/mol. The molecule has 0 spiro atoms. The van der Waals surface area contributed by atoms with Crippen molar-refractivity contribution >= 4 is 0 Å². The first-order valence-electron chi connectivity index (χ1n) is 8.99. The van der Waals surface area contributed by atoms with Gasteiger partial charge in [0.1, 0.15) is 18.2 Å². The van der Waals surface area contributed by atoms with Gasteiger partial charge in [0, 0.05) is 24.4 Å². The van der Waals surface area contributed by atoms with Gasteiger partial charge in [0.2, 0.25) is 0 Å². The second-order valence-corrected chi connectivity index (χ2v) is 6.35. The molecule has 0 unspecified atom stereocenters. The normalized spacial score (nSPS) is 10.5. The van der Waals surface area contributed by atoms with E-state index in [1.54, 1.807) is 0 Å². The minimum absolute atomic E-state index is 0.567. The van der Waals surface area contributed by atoms with Gasteiger partial charge in [-0.3, -0.25) is 0 Å². The zero-order valence-electron chi connectivity index (χ0n) is 15.0. The van der Waals surface area contributed by atoms with Gasteiger partial charge in [0.15, 0.2) is 0 Å². The summed E-state index contributed by atoms with van der Waals surface area (Å²) >= 11 is 0. The van der Waals surface area contributed by atoms with Crippen molar-refractivity contribution in [3.8, 4) is 16.9 Å². The van der Waals surface area contributed by atoms with Crippen molar-refractivity contribution in [3.05, 3.63) is 114 Å². The predicted molar refractivity (Wildman–Crippen MR) is 107 cm³/mol. The number of hydrogen-bond donors (Lipinski definition) is 0. The Morgan fingerprint density at radius 3 is 1.81 bits per heavy atom. The fourth-order valence-corrected chi connectivity index (χ4v) is 2.86. The topological polar surface area (TPSA) is 35.0 Å². The Bertz CT molecular complexity index is 966. The highest BCUT2D eigenvalue weighted by Crippen LogP contribution is 2.22. The van der Waals surface area contributed by atoms with Crippen molar-refractivity contribution in [2.75, 3.05) is 0 Å². The van der Waals surface area contributed by atoms with Crippen molar-refractivity contribution in [3.63, 3.8) is 0 Å². The number of rotatable bonds is 6. The lowest BCUT2D eigenvalue weighted by Gasteiger charge is -2.08. The minimum atomic E-state index is 0.567. The van der Waals surface area contributed by atoms with Crippen molar-refractivity contribution in [1.82, 2.24) is 9.97 Å². The van der Waals surface area contributed by atoms with E-state index in [9.17, 15) is 0 Å². The van der Waals surface area contributed by atoms with E-state index in [1.807, 2.05) is 73.1 Å². The molecule has 0 bridgehead atoms. The lowest BCUT2D eigenvalue weighted by Crippen LogP contribution is -1.96. The van der Waals surface area contributed by atoms with Gasteiger partial charge in [-0.25, -0.2) is 9.97 Å². The van der Waals surface area contributed by atoms with Gasteiger partial charge in [0.25, 0.3) is 0 Å². The fourth-order valence-electron chi connectivity index (χ4n) is 2.86. The maximum absolute atomic E-state index is 5.84. The summed E-state index contributed by atoms with van der Waals surface area (Å²) in [6.45, 7) is 0.567. The Morgan fingerprint density at radius 1 is 0.593 bits per heavy atom. The molecule has 0 aliphatic heterocycles. The van der Waals surface area contributed by atoms with Gasteiger partial charge in [-0.1, -0.05) is 72.8 Å². The van der Waals surface area contributed by atoms with Gasteiger partial charge >= 0.3 is 0 Å². The van der Waals surface area contributed by atoms with Crippen molar-refractivity contribution in [2.45, 2.75) is 13.0 Å². The van der Waals surface area contributed by atoms with Crippen LogP contribution in [-0.4, -0.2) is 9.97 Å². The molecule has 1 heterocycles. The van der Waals surface area contributed by atoms with Crippen LogP contribution in [-0.2, 0) is 13.0 Å². The molecule has 3 heteroatoms. The highest BCUT2D eigenvalue weighted by atomic mass is 16.5. The summed E-state index contributed by atoms with van der Waals surface area (Å²) in [5.74, 6) is 1.68. The smallest absolute Gasteiger partial charge is 0.132 e. The lowest BCUT2D eigenvalue weighted by molar-refractivity contribution is 0.306. The number of hydrogen-bond acceptors (Lipinski definition) is 3. The largest absolute Gasteiger partial charge is 0.489 e. The average molecular weight is 352 g/mol. The summed E-state index contributed by atoms with van der Waals surface area (Å²) in [5, 5.41) is 0. The molecule has 0 atom stereocenters. The predicted octanol–water partition coefficient (Wildman–Crippen LogP) is 5.31. The molecule has 27 heavy (non-hydrogen) atoms. The van der Waals surface area contributed by atoms with E-state index in [2.05, 4.69) is 34.2 Å². The van der Waals surface area contributed by atoms with E-state index < -0.39 is 0 Å². The molecule has 4 aromatic rings. The molecule has 132 valence electrons. The van der Waals surface area contributed by atoms with Crippen LogP contribution in [0.3, 0.4) is 0 Å². The molecule has 0 aliphatic rings. The van der Waals surface area contributed by atoms with Crippen molar-refractivity contribution in [1.29, 1.82) is 0 Å². The van der Waals surface area contributed by atoms with Crippen molar-refractivity contribution in [2.24, 2.45) is 0 Å². The molecule has 1 aromatic heterocycles.